The Bertz CT molecular complexity index is 381. The third-order valence-electron chi connectivity index (χ3n) is 4.28. The third kappa shape index (κ3) is 14.7. The first kappa shape index (κ1) is 23.6. The van der Waals surface area contributed by atoms with Crippen LogP contribution >= 0.6 is 0 Å². The number of carboxylic acids is 1. The molecule has 0 bridgehead atoms. The van der Waals surface area contributed by atoms with Crippen LogP contribution in [0, 0.1) is 0 Å². The van der Waals surface area contributed by atoms with Crippen molar-refractivity contribution < 1.29 is 14.7 Å². The summed E-state index contributed by atoms with van der Waals surface area (Å²) in [5, 5.41) is 12.0. The molecule has 0 saturated heterocycles. The number of hydrogen-bond acceptors (Lipinski definition) is 3. The van der Waals surface area contributed by atoms with Crippen molar-refractivity contribution in [3.63, 3.8) is 0 Å². The Morgan fingerprint density at radius 2 is 1.68 bits per heavy atom. The zero-order valence-corrected chi connectivity index (χ0v) is 16.4. The molecule has 0 aliphatic carbocycles. The molecule has 5 nitrogen and oxygen atoms in total. The Hall–Kier alpha value is -1.36. The number of likely N-dealkylation sites (N-methyl/N-ethyl adjacent to an activating group) is 1. The summed E-state index contributed by atoms with van der Waals surface area (Å²) < 4.78 is 0. The van der Waals surface area contributed by atoms with E-state index in [1.165, 1.54) is 25.7 Å². The lowest BCUT2D eigenvalue weighted by atomic mass is 10.1. The van der Waals surface area contributed by atoms with E-state index in [1.54, 1.807) is 19.0 Å². The van der Waals surface area contributed by atoms with E-state index in [0.29, 0.717) is 19.4 Å². The molecule has 146 valence electrons. The highest BCUT2D eigenvalue weighted by molar-refractivity contribution is 5.75. The van der Waals surface area contributed by atoms with E-state index in [4.69, 9.17) is 5.11 Å². The van der Waals surface area contributed by atoms with Crippen molar-refractivity contribution >= 4 is 11.9 Å². The molecular formula is C20H38N2O3. The Balaban J connectivity index is 3.48. The smallest absolute Gasteiger partial charge is 0.320 e. The first-order valence-corrected chi connectivity index (χ1v) is 9.80. The lowest BCUT2D eigenvalue weighted by molar-refractivity contribution is -0.142. The Labute approximate surface area is 153 Å². The average molecular weight is 355 g/mol. The number of unbranched alkanes of at least 4 members (excludes halogenated alkanes) is 6. The van der Waals surface area contributed by atoms with Gasteiger partial charge in [-0.3, -0.25) is 14.5 Å². The number of carboxylic acid groups (broad SMARTS) is 1. The van der Waals surface area contributed by atoms with Crippen molar-refractivity contribution in [2.45, 2.75) is 83.6 Å². The fourth-order valence-electron chi connectivity index (χ4n) is 2.69. The van der Waals surface area contributed by atoms with E-state index in [9.17, 15) is 9.59 Å². The molecular weight excluding hydrogens is 316 g/mol. The zero-order chi connectivity index (χ0) is 18.9. The van der Waals surface area contributed by atoms with Crippen LogP contribution in [0.25, 0.3) is 0 Å². The normalized spacial score (nSPS) is 12.6. The number of rotatable bonds is 16. The number of hydrogen-bond donors (Lipinski definition) is 2. The van der Waals surface area contributed by atoms with Crippen molar-refractivity contribution in [3.05, 3.63) is 12.2 Å². The van der Waals surface area contributed by atoms with Crippen LogP contribution in [0.3, 0.4) is 0 Å². The molecule has 0 aliphatic rings. The first-order chi connectivity index (χ1) is 12.0. The maximum absolute atomic E-state index is 11.7. The number of nitrogens with one attached hydrogen (secondary N) is 1. The van der Waals surface area contributed by atoms with Gasteiger partial charge in [0, 0.05) is 13.0 Å². The summed E-state index contributed by atoms with van der Waals surface area (Å²) >= 11 is 0. The lowest BCUT2D eigenvalue weighted by Gasteiger charge is -2.19. The minimum atomic E-state index is -0.783. The van der Waals surface area contributed by atoms with Crippen LogP contribution in [0.4, 0.5) is 0 Å². The Kier molecular flexibility index (Phi) is 15.2. The van der Waals surface area contributed by atoms with E-state index in [2.05, 4.69) is 24.4 Å². The van der Waals surface area contributed by atoms with Crippen molar-refractivity contribution in [3.8, 4) is 0 Å². The summed E-state index contributed by atoms with van der Waals surface area (Å²) in [6.07, 6.45) is 15.4. The molecule has 0 aromatic rings. The van der Waals surface area contributed by atoms with Crippen LogP contribution in [-0.4, -0.2) is 48.6 Å². The summed E-state index contributed by atoms with van der Waals surface area (Å²) in [7, 11) is 3.56. The van der Waals surface area contributed by atoms with Crippen LogP contribution < -0.4 is 5.32 Å². The van der Waals surface area contributed by atoms with Gasteiger partial charge in [-0.25, -0.2) is 0 Å². The van der Waals surface area contributed by atoms with Gasteiger partial charge in [-0.1, -0.05) is 38.3 Å². The van der Waals surface area contributed by atoms with E-state index in [1.807, 2.05) is 0 Å². The second-order valence-electron chi connectivity index (χ2n) is 6.88. The zero-order valence-electron chi connectivity index (χ0n) is 16.4. The van der Waals surface area contributed by atoms with Gasteiger partial charge in [-0.2, -0.15) is 0 Å². The predicted molar refractivity (Wildman–Crippen MR) is 104 cm³/mol. The fourth-order valence-corrected chi connectivity index (χ4v) is 2.69. The second kappa shape index (κ2) is 16.1. The molecule has 5 heteroatoms. The minimum Gasteiger partial charge on any atom is -0.480 e. The van der Waals surface area contributed by atoms with Gasteiger partial charge >= 0.3 is 5.97 Å². The van der Waals surface area contributed by atoms with Crippen LogP contribution in [0.15, 0.2) is 12.2 Å². The summed E-state index contributed by atoms with van der Waals surface area (Å²) in [6, 6.07) is -0.437. The standard InChI is InChI=1S/C20H38N2O3/c1-4-5-6-7-8-9-10-11-12-16-19(23)21-17-14-13-15-18(20(24)25)22(2)3/h6-7,18H,4-5,8-17H2,1-3H3,(H,21,23)(H,24,25)/b7-6+/t18-/m0/s1. The minimum absolute atomic E-state index is 0.116. The number of allylic oxidation sites excluding steroid dienone is 2. The highest BCUT2D eigenvalue weighted by atomic mass is 16.4. The average Bonchev–Trinajstić information content (AvgIpc) is 2.55. The number of nitrogens with zero attached hydrogens (tertiary/aromatic N) is 1. The number of carbonyl (C=O) groups is 2. The van der Waals surface area contributed by atoms with Gasteiger partial charge in [0.15, 0.2) is 0 Å². The highest BCUT2D eigenvalue weighted by Gasteiger charge is 2.18. The molecule has 0 aromatic heterocycles. The molecule has 0 rings (SSSR count). The molecule has 0 aliphatic heterocycles. The van der Waals surface area contributed by atoms with Gasteiger partial charge in [-0.15, -0.1) is 0 Å². The fraction of sp³-hybridized carbons (Fsp3) is 0.800. The van der Waals surface area contributed by atoms with Gasteiger partial charge in [0.25, 0.3) is 0 Å². The van der Waals surface area contributed by atoms with E-state index in [-0.39, 0.29) is 5.91 Å². The van der Waals surface area contributed by atoms with Crippen molar-refractivity contribution in [1.82, 2.24) is 10.2 Å². The summed E-state index contributed by atoms with van der Waals surface area (Å²) in [6.45, 7) is 2.83. The molecule has 1 amide bonds. The molecule has 0 unspecified atom stereocenters. The number of amides is 1. The van der Waals surface area contributed by atoms with Gasteiger partial charge < -0.3 is 10.4 Å². The van der Waals surface area contributed by atoms with Crippen LogP contribution in [0.1, 0.15) is 77.6 Å². The topological polar surface area (TPSA) is 69.6 Å². The van der Waals surface area contributed by atoms with Gasteiger partial charge in [0.2, 0.25) is 5.91 Å². The quantitative estimate of drug-likeness (QED) is 0.325. The monoisotopic (exact) mass is 354 g/mol. The Morgan fingerprint density at radius 1 is 1.00 bits per heavy atom. The van der Waals surface area contributed by atoms with Crippen molar-refractivity contribution in [2.24, 2.45) is 0 Å². The molecule has 2 N–H and O–H groups in total. The lowest BCUT2D eigenvalue weighted by Crippen LogP contribution is -2.35. The van der Waals surface area contributed by atoms with E-state index in [0.717, 1.165) is 32.1 Å². The molecule has 0 spiro atoms. The molecule has 0 radical (unpaired) electrons. The second-order valence-corrected chi connectivity index (χ2v) is 6.88. The number of aliphatic carboxylic acids is 1. The molecule has 0 heterocycles. The maximum atomic E-state index is 11.7. The van der Waals surface area contributed by atoms with Crippen molar-refractivity contribution in [1.29, 1.82) is 0 Å². The molecule has 0 fully saturated rings. The maximum Gasteiger partial charge on any atom is 0.320 e. The van der Waals surface area contributed by atoms with E-state index < -0.39 is 12.0 Å². The molecule has 25 heavy (non-hydrogen) atoms. The van der Waals surface area contributed by atoms with Gasteiger partial charge in [0.1, 0.15) is 6.04 Å². The van der Waals surface area contributed by atoms with Crippen LogP contribution in [0.2, 0.25) is 0 Å². The van der Waals surface area contributed by atoms with Crippen molar-refractivity contribution in [2.75, 3.05) is 20.6 Å². The first-order valence-electron chi connectivity index (χ1n) is 9.80. The molecule has 0 aromatic carbocycles. The van der Waals surface area contributed by atoms with Gasteiger partial charge in [0.05, 0.1) is 0 Å². The Morgan fingerprint density at radius 3 is 2.32 bits per heavy atom. The summed E-state index contributed by atoms with van der Waals surface area (Å²) in [5.41, 5.74) is 0. The largest absolute Gasteiger partial charge is 0.480 e. The third-order valence-corrected chi connectivity index (χ3v) is 4.28. The molecule has 0 saturated carbocycles. The summed E-state index contributed by atoms with van der Waals surface area (Å²) in [5.74, 6) is -0.667. The van der Waals surface area contributed by atoms with Crippen LogP contribution in [0.5, 0.6) is 0 Å². The molecule has 1 atom stereocenters. The van der Waals surface area contributed by atoms with Gasteiger partial charge in [-0.05, 0) is 59.0 Å². The summed E-state index contributed by atoms with van der Waals surface area (Å²) in [4.78, 5) is 24.5. The SMILES string of the molecule is CCC/C=C/CCCCCCC(=O)NCCCC[C@@H](C(=O)O)N(C)C. The number of carbonyl (C=O) groups excluding carboxylic acids is 1. The highest BCUT2D eigenvalue weighted by Crippen LogP contribution is 2.07. The van der Waals surface area contributed by atoms with E-state index >= 15 is 0 Å². The predicted octanol–water partition coefficient (Wildman–Crippen LogP) is 3.98. The van der Waals surface area contributed by atoms with Crippen LogP contribution in [-0.2, 0) is 9.59 Å².